The van der Waals surface area contributed by atoms with Gasteiger partial charge in [0.15, 0.2) is 11.7 Å². The van der Waals surface area contributed by atoms with Gasteiger partial charge < -0.3 is 9.73 Å². The number of carbonyl (C=O) groups excluding carboxylic acids is 1. The van der Waals surface area contributed by atoms with Crippen LogP contribution in [0.1, 0.15) is 18.0 Å². The molecule has 2 aromatic heterocycles. The third-order valence-corrected chi connectivity index (χ3v) is 3.37. The Kier molecular flexibility index (Phi) is 4.79. The lowest BCUT2D eigenvalue weighted by Crippen LogP contribution is -2.23. The van der Waals surface area contributed by atoms with Crippen molar-refractivity contribution in [2.75, 3.05) is 0 Å². The average Bonchev–Trinajstić information content (AvgIpc) is 3.09. The third kappa shape index (κ3) is 4.26. The first-order valence-corrected chi connectivity index (χ1v) is 7.48. The number of carbonyl (C=O) groups is 1. The maximum atomic E-state index is 11.9. The van der Waals surface area contributed by atoms with Crippen LogP contribution in [0.2, 0.25) is 0 Å². The van der Waals surface area contributed by atoms with Gasteiger partial charge in [0.25, 0.3) is 0 Å². The van der Waals surface area contributed by atoms with E-state index in [-0.39, 0.29) is 5.91 Å². The van der Waals surface area contributed by atoms with Crippen molar-refractivity contribution in [1.29, 1.82) is 0 Å². The van der Waals surface area contributed by atoms with Crippen LogP contribution in [-0.2, 0) is 17.8 Å². The molecule has 2 heterocycles. The highest BCUT2D eigenvalue weighted by molar-refractivity contribution is 5.75. The van der Waals surface area contributed by atoms with Crippen LogP contribution in [0.4, 0.5) is 0 Å². The molecular weight excluding hydrogens is 290 g/mol. The van der Waals surface area contributed by atoms with E-state index in [1.165, 1.54) is 0 Å². The first-order valence-electron chi connectivity index (χ1n) is 7.48. The summed E-state index contributed by atoms with van der Waals surface area (Å²) in [4.78, 5) is 20.2. The van der Waals surface area contributed by atoms with Gasteiger partial charge in [-0.1, -0.05) is 36.4 Å². The number of pyridine rings is 1. The summed E-state index contributed by atoms with van der Waals surface area (Å²) in [7, 11) is 0. The summed E-state index contributed by atoms with van der Waals surface area (Å²) in [6, 6.07) is 15.4. The molecule has 0 aliphatic carbocycles. The summed E-state index contributed by atoms with van der Waals surface area (Å²) in [5, 5.41) is 2.84. The smallest absolute Gasteiger partial charge is 0.220 e. The van der Waals surface area contributed by atoms with Crippen molar-refractivity contribution in [1.82, 2.24) is 15.3 Å². The van der Waals surface area contributed by atoms with Gasteiger partial charge in [-0.05, 0) is 12.1 Å². The molecule has 0 spiro atoms. The Balaban J connectivity index is 1.49. The molecule has 0 saturated carbocycles. The summed E-state index contributed by atoms with van der Waals surface area (Å²) in [5.74, 6) is 1.24. The van der Waals surface area contributed by atoms with Gasteiger partial charge in [-0.25, -0.2) is 4.98 Å². The maximum Gasteiger partial charge on any atom is 0.220 e. The van der Waals surface area contributed by atoms with E-state index in [9.17, 15) is 4.79 Å². The largest absolute Gasteiger partial charge is 0.441 e. The Bertz CT molecular complexity index is 754. The molecule has 23 heavy (non-hydrogen) atoms. The zero-order valence-corrected chi connectivity index (χ0v) is 12.6. The van der Waals surface area contributed by atoms with Gasteiger partial charge in [-0.2, -0.15) is 0 Å². The minimum Gasteiger partial charge on any atom is -0.441 e. The summed E-state index contributed by atoms with van der Waals surface area (Å²) < 4.78 is 5.68. The first-order chi connectivity index (χ1) is 11.3. The van der Waals surface area contributed by atoms with Gasteiger partial charge in [0.05, 0.1) is 18.4 Å². The number of rotatable bonds is 6. The number of nitrogens with zero attached hydrogens (tertiary/aromatic N) is 2. The topological polar surface area (TPSA) is 68.0 Å². The Hall–Kier alpha value is -2.95. The Morgan fingerprint density at radius 3 is 2.65 bits per heavy atom. The van der Waals surface area contributed by atoms with Gasteiger partial charge in [0, 0.05) is 24.6 Å². The van der Waals surface area contributed by atoms with Crippen molar-refractivity contribution in [2.45, 2.75) is 19.4 Å². The Morgan fingerprint density at radius 2 is 1.87 bits per heavy atom. The number of benzene rings is 1. The molecule has 0 aliphatic heterocycles. The van der Waals surface area contributed by atoms with Crippen LogP contribution in [-0.4, -0.2) is 15.9 Å². The van der Waals surface area contributed by atoms with Gasteiger partial charge in [-0.3, -0.25) is 9.78 Å². The summed E-state index contributed by atoms with van der Waals surface area (Å²) in [6.45, 7) is 0.431. The molecule has 3 aromatic rings. The highest BCUT2D eigenvalue weighted by atomic mass is 16.4. The molecule has 0 fully saturated rings. The fraction of sp³-hybridized carbons (Fsp3) is 0.167. The molecule has 0 aliphatic rings. The number of aryl methyl sites for hydroxylation is 1. The lowest BCUT2D eigenvalue weighted by Gasteiger charge is -2.03. The second-order valence-electron chi connectivity index (χ2n) is 5.08. The zero-order valence-electron chi connectivity index (χ0n) is 12.6. The lowest BCUT2D eigenvalue weighted by atomic mass is 10.2. The van der Waals surface area contributed by atoms with E-state index < -0.39 is 0 Å². The molecular formula is C18H17N3O2. The Labute approximate surface area is 134 Å². The van der Waals surface area contributed by atoms with E-state index in [4.69, 9.17) is 4.42 Å². The highest BCUT2D eigenvalue weighted by Gasteiger charge is 2.08. The molecule has 0 atom stereocenters. The van der Waals surface area contributed by atoms with E-state index >= 15 is 0 Å². The molecule has 0 unspecified atom stereocenters. The SMILES string of the molecule is O=C(CCc1ncc(-c2ccccc2)o1)NCc1ccccn1. The van der Waals surface area contributed by atoms with E-state index in [1.807, 2.05) is 48.5 Å². The van der Waals surface area contributed by atoms with Crippen molar-refractivity contribution in [3.63, 3.8) is 0 Å². The summed E-state index contributed by atoms with van der Waals surface area (Å²) >= 11 is 0. The van der Waals surface area contributed by atoms with Crippen LogP contribution >= 0.6 is 0 Å². The summed E-state index contributed by atoms with van der Waals surface area (Å²) in [5.41, 5.74) is 1.81. The predicted molar refractivity (Wildman–Crippen MR) is 86.3 cm³/mol. The maximum absolute atomic E-state index is 11.9. The number of amides is 1. The van der Waals surface area contributed by atoms with E-state index in [0.29, 0.717) is 25.3 Å². The molecule has 0 bridgehead atoms. The van der Waals surface area contributed by atoms with Crippen molar-refractivity contribution in [3.05, 3.63) is 72.5 Å². The van der Waals surface area contributed by atoms with Crippen molar-refractivity contribution >= 4 is 5.91 Å². The van der Waals surface area contributed by atoms with Gasteiger partial charge in [0.2, 0.25) is 5.91 Å². The number of hydrogen-bond acceptors (Lipinski definition) is 4. The molecule has 1 amide bonds. The molecule has 0 saturated heterocycles. The van der Waals surface area contributed by atoms with Crippen LogP contribution in [0.25, 0.3) is 11.3 Å². The van der Waals surface area contributed by atoms with Gasteiger partial charge in [0.1, 0.15) is 0 Å². The van der Waals surface area contributed by atoms with E-state index in [2.05, 4.69) is 15.3 Å². The van der Waals surface area contributed by atoms with Crippen LogP contribution in [0.3, 0.4) is 0 Å². The molecule has 5 nitrogen and oxygen atoms in total. The molecule has 5 heteroatoms. The third-order valence-electron chi connectivity index (χ3n) is 3.37. The molecule has 0 radical (unpaired) electrons. The number of hydrogen-bond donors (Lipinski definition) is 1. The second-order valence-corrected chi connectivity index (χ2v) is 5.08. The molecule has 116 valence electrons. The Morgan fingerprint density at radius 1 is 1.04 bits per heavy atom. The minimum absolute atomic E-state index is 0.0462. The molecule has 3 rings (SSSR count). The lowest BCUT2D eigenvalue weighted by molar-refractivity contribution is -0.121. The van der Waals surface area contributed by atoms with Crippen LogP contribution in [0.5, 0.6) is 0 Å². The minimum atomic E-state index is -0.0462. The fourth-order valence-electron chi connectivity index (χ4n) is 2.16. The summed E-state index contributed by atoms with van der Waals surface area (Å²) in [6.07, 6.45) is 4.21. The van der Waals surface area contributed by atoms with Gasteiger partial charge in [-0.15, -0.1) is 0 Å². The van der Waals surface area contributed by atoms with E-state index in [0.717, 1.165) is 17.0 Å². The highest BCUT2D eigenvalue weighted by Crippen LogP contribution is 2.20. The van der Waals surface area contributed by atoms with Crippen LogP contribution < -0.4 is 5.32 Å². The van der Waals surface area contributed by atoms with Crippen LogP contribution in [0, 0.1) is 0 Å². The fourth-order valence-corrected chi connectivity index (χ4v) is 2.16. The standard InChI is InChI=1S/C18H17N3O2/c22-17(20-12-15-8-4-5-11-19-15)9-10-18-21-13-16(23-18)14-6-2-1-3-7-14/h1-8,11,13H,9-10,12H2,(H,20,22). The van der Waals surface area contributed by atoms with Gasteiger partial charge >= 0.3 is 0 Å². The zero-order chi connectivity index (χ0) is 15.9. The van der Waals surface area contributed by atoms with Crippen LogP contribution in [0.15, 0.2) is 65.3 Å². The molecule has 1 N–H and O–H groups in total. The number of aromatic nitrogens is 2. The normalized spacial score (nSPS) is 10.4. The monoisotopic (exact) mass is 307 g/mol. The molecule has 1 aromatic carbocycles. The van der Waals surface area contributed by atoms with Crippen molar-refractivity contribution in [3.8, 4) is 11.3 Å². The van der Waals surface area contributed by atoms with Crippen molar-refractivity contribution in [2.24, 2.45) is 0 Å². The first kappa shape index (κ1) is 15.0. The quantitative estimate of drug-likeness (QED) is 0.760. The van der Waals surface area contributed by atoms with E-state index in [1.54, 1.807) is 12.4 Å². The number of oxazole rings is 1. The average molecular weight is 307 g/mol. The second kappa shape index (κ2) is 7.35. The predicted octanol–water partition coefficient (Wildman–Crippen LogP) is 2.99. The van der Waals surface area contributed by atoms with Crippen molar-refractivity contribution < 1.29 is 9.21 Å². The number of nitrogens with one attached hydrogen (secondary N) is 1.